The second-order valence-electron chi connectivity index (χ2n) is 22.0. The topological polar surface area (TPSA) is 78.9 Å². The summed E-state index contributed by atoms with van der Waals surface area (Å²) in [4.78, 5) is 38.3. The molecule has 6 heteroatoms. The zero-order valence-electron chi connectivity index (χ0n) is 51.0. The van der Waals surface area contributed by atoms with Crippen LogP contribution in [0.2, 0.25) is 0 Å². The first-order valence-corrected chi connectivity index (χ1v) is 33.1. The van der Waals surface area contributed by atoms with Crippen molar-refractivity contribution in [1.29, 1.82) is 0 Å². The molecule has 0 spiro atoms. The monoisotopic (exact) mass is 1070 g/mol. The van der Waals surface area contributed by atoms with Crippen LogP contribution in [-0.4, -0.2) is 37.2 Å². The van der Waals surface area contributed by atoms with Gasteiger partial charge in [0.1, 0.15) is 13.2 Å². The number of hydrogen-bond donors (Lipinski definition) is 0. The molecule has 0 aliphatic rings. The summed E-state index contributed by atoms with van der Waals surface area (Å²) in [6.07, 6.45) is 86.2. The van der Waals surface area contributed by atoms with E-state index in [4.69, 9.17) is 14.2 Å². The molecule has 1 unspecified atom stereocenters. The van der Waals surface area contributed by atoms with E-state index < -0.39 is 6.10 Å². The summed E-state index contributed by atoms with van der Waals surface area (Å²) in [5.41, 5.74) is 0. The van der Waals surface area contributed by atoms with Gasteiger partial charge in [-0.2, -0.15) is 0 Å². The van der Waals surface area contributed by atoms with Gasteiger partial charge < -0.3 is 14.2 Å². The number of rotatable bonds is 60. The number of esters is 3. The molecular formula is C71H124O6. The minimum atomic E-state index is -0.821. The maximum absolute atomic E-state index is 12.9. The maximum Gasteiger partial charge on any atom is 0.306 e. The molecule has 0 aromatic heterocycles. The highest BCUT2D eigenvalue weighted by Gasteiger charge is 2.19. The van der Waals surface area contributed by atoms with Crippen molar-refractivity contribution < 1.29 is 28.6 Å². The Balaban J connectivity index is 4.38. The Labute approximate surface area is 477 Å². The zero-order chi connectivity index (χ0) is 55.7. The van der Waals surface area contributed by atoms with Gasteiger partial charge in [-0.25, -0.2) is 0 Å². The van der Waals surface area contributed by atoms with Crippen molar-refractivity contribution in [2.24, 2.45) is 0 Å². The van der Waals surface area contributed by atoms with Gasteiger partial charge in [0.2, 0.25) is 0 Å². The van der Waals surface area contributed by atoms with E-state index in [2.05, 4.69) is 99.8 Å². The predicted octanol–water partition coefficient (Wildman–Crippen LogP) is 22.7. The molecule has 0 N–H and O–H groups in total. The first kappa shape index (κ1) is 73.6. The third-order valence-electron chi connectivity index (χ3n) is 14.4. The Kier molecular flexibility index (Phi) is 62.2. The molecule has 0 amide bonds. The third-order valence-corrected chi connectivity index (χ3v) is 14.4. The lowest BCUT2D eigenvalue weighted by atomic mass is 10.0. The predicted molar refractivity (Wildman–Crippen MR) is 334 cm³/mol. The van der Waals surface area contributed by atoms with Crippen LogP contribution in [0.4, 0.5) is 0 Å². The van der Waals surface area contributed by atoms with Crippen LogP contribution in [0.1, 0.15) is 329 Å². The average Bonchev–Trinajstić information content (AvgIpc) is 3.43. The van der Waals surface area contributed by atoms with Crippen LogP contribution in [-0.2, 0) is 28.6 Å². The number of allylic oxidation sites excluding steroid dienone is 14. The Hall–Kier alpha value is -3.41. The Bertz CT molecular complexity index is 1470. The van der Waals surface area contributed by atoms with Crippen LogP contribution < -0.4 is 0 Å². The second-order valence-corrected chi connectivity index (χ2v) is 22.0. The van der Waals surface area contributed by atoms with Crippen molar-refractivity contribution in [3.05, 3.63) is 85.1 Å². The molecule has 0 fully saturated rings. The molecular weight excluding hydrogens is 949 g/mol. The molecule has 444 valence electrons. The zero-order valence-corrected chi connectivity index (χ0v) is 51.0. The highest BCUT2D eigenvalue weighted by Crippen LogP contribution is 2.17. The van der Waals surface area contributed by atoms with E-state index in [1.807, 2.05) is 6.08 Å². The SMILES string of the molecule is CC/C=C\C/C=C\C/C=C\C/C=C\C/C=C\C/C=C\CCC(=O)OC(COC(=O)CCCCCCC/C=C\CCCCCCCC)COC(=O)CCCCCCCCCCCCCCCCCCCCCCCCCCC. The van der Waals surface area contributed by atoms with Gasteiger partial charge in [0.15, 0.2) is 6.10 Å². The van der Waals surface area contributed by atoms with E-state index in [-0.39, 0.29) is 37.5 Å². The third kappa shape index (κ3) is 63.3. The first-order chi connectivity index (χ1) is 38.0. The highest BCUT2D eigenvalue weighted by molar-refractivity contribution is 5.71. The summed E-state index contributed by atoms with van der Waals surface area (Å²) in [5, 5.41) is 0. The van der Waals surface area contributed by atoms with E-state index in [1.54, 1.807) is 0 Å². The lowest BCUT2D eigenvalue weighted by molar-refractivity contribution is -0.166. The van der Waals surface area contributed by atoms with Gasteiger partial charge in [-0.3, -0.25) is 14.4 Å². The molecule has 0 bridgehead atoms. The van der Waals surface area contributed by atoms with Crippen LogP contribution in [0.5, 0.6) is 0 Å². The maximum atomic E-state index is 12.9. The summed E-state index contributed by atoms with van der Waals surface area (Å²) in [5.74, 6) is -0.986. The Morgan fingerprint density at radius 2 is 0.532 bits per heavy atom. The van der Waals surface area contributed by atoms with Crippen LogP contribution >= 0.6 is 0 Å². The molecule has 0 heterocycles. The number of ether oxygens (including phenoxy) is 3. The molecule has 0 saturated carbocycles. The van der Waals surface area contributed by atoms with Gasteiger partial charge in [-0.15, -0.1) is 0 Å². The molecule has 77 heavy (non-hydrogen) atoms. The van der Waals surface area contributed by atoms with Crippen molar-refractivity contribution in [3.8, 4) is 0 Å². The molecule has 6 nitrogen and oxygen atoms in total. The van der Waals surface area contributed by atoms with E-state index in [0.717, 1.165) is 89.9 Å². The quantitative estimate of drug-likeness (QED) is 0.0261. The lowest BCUT2D eigenvalue weighted by Gasteiger charge is -2.18. The summed E-state index contributed by atoms with van der Waals surface area (Å²) in [6, 6.07) is 0. The average molecular weight is 1070 g/mol. The van der Waals surface area contributed by atoms with Crippen LogP contribution in [0.15, 0.2) is 85.1 Å². The standard InChI is InChI=1S/C71H124O6/c1-4-7-10-13-16-19-22-25-28-30-32-33-34-35-36-37-39-40-43-46-49-52-55-58-61-64-70(73)76-67-68(66-75-69(72)63-60-57-54-51-48-45-42-27-24-21-18-15-12-9-6-3)77-71(74)65-62-59-56-53-50-47-44-41-38-31-29-26-23-20-17-14-11-8-5-2/h8,11,17,20,26-27,29,38,41-42,47,50,56,59,68H,4-7,9-10,12-16,18-19,21-25,28,30-37,39-40,43-46,48-49,51-55,57-58,60-67H2,1-3H3/b11-8-,20-17-,29-26-,41-38-,42-27-,50-47-,59-56-. The van der Waals surface area contributed by atoms with Gasteiger partial charge >= 0.3 is 17.9 Å². The number of unbranched alkanes of at least 4 members (excludes halogenated alkanes) is 35. The summed E-state index contributed by atoms with van der Waals surface area (Å²) in [7, 11) is 0. The van der Waals surface area contributed by atoms with Crippen LogP contribution in [0.25, 0.3) is 0 Å². The fourth-order valence-corrected chi connectivity index (χ4v) is 9.47. The molecule has 0 rings (SSSR count). The normalized spacial score (nSPS) is 12.6. The molecule has 0 aliphatic carbocycles. The van der Waals surface area contributed by atoms with Gasteiger partial charge in [-0.05, 0) is 83.5 Å². The molecule has 0 aromatic rings. The van der Waals surface area contributed by atoms with Gasteiger partial charge in [-0.1, -0.05) is 311 Å². The van der Waals surface area contributed by atoms with Gasteiger partial charge in [0.05, 0.1) is 0 Å². The number of hydrogen-bond acceptors (Lipinski definition) is 6. The Morgan fingerprint density at radius 1 is 0.273 bits per heavy atom. The minimum absolute atomic E-state index is 0.107. The van der Waals surface area contributed by atoms with Crippen molar-refractivity contribution in [1.82, 2.24) is 0 Å². The number of carbonyl (C=O) groups is 3. The van der Waals surface area contributed by atoms with Crippen molar-refractivity contribution in [2.45, 2.75) is 335 Å². The molecule has 0 aliphatic heterocycles. The second kappa shape index (κ2) is 65.1. The van der Waals surface area contributed by atoms with Crippen LogP contribution in [0, 0.1) is 0 Å². The smallest absolute Gasteiger partial charge is 0.306 e. The van der Waals surface area contributed by atoms with Gasteiger partial charge in [0.25, 0.3) is 0 Å². The molecule has 1 atom stereocenters. The van der Waals surface area contributed by atoms with Crippen LogP contribution in [0.3, 0.4) is 0 Å². The fraction of sp³-hybridized carbons (Fsp3) is 0.761. The van der Waals surface area contributed by atoms with Crippen molar-refractivity contribution in [3.63, 3.8) is 0 Å². The Morgan fingerprint density at radius 3 is 0.844 bits per heavy atom. The largest absolute Gasteiger partial charge is 0.462 e. The van der Waals surface area contributed by atoms with Gasteiger partial charge in [0, 0.05) is 19.3 Å². The van der Waals surface area contributed by atoms with E-state index in [0.29, 0.717) is 19.3 Å². The van der Waals surface area contributed by atoms with Crippen molar-refractivity contribution in [2.75, 3.05) is 13.2 Å². The number of carbonyl (C=O) groups excluding carboxylic acids is 3. The first-order valence-electron chi connectivity index (χ1n) is 33.1. The summed E-state index contributed by atoms with van der Waals surface area (Å²) >= 11 is 0. The fourth-order valence-electron chi connectivity index (χ4n) is 9.47. The minimum Gasteiger partial charge on any atom is -0.462 e. The van der Waals surface area contributed by atoms with E-state index in [9.17, 15) is 14.4 Å². The molecule has 0 saturated heterocycles. The summed E-state index contributed by atoms with van der Waals surface area (Å²) < 4.78 is 16.9. The molecule has 0 radical (unpaired) electrons. The summed E-state index contributed by atoms with van der Waals surface area (Å²) in [6.45, 7) is 6.50. The van der Waals surface area contributed by atoms with E-state index in [1.165, 1.54) is 193 Å². The van der Waals surface area contributed by atoms with Crippen molar-refractivity contribution >= 4 is 17.9 Å². The lowest BCUT2D eigenvalue weighted by Crippen LogP contribution is -2.30. The highest BCUT2D eigenvalue weighted by atomic mass is 16.6. The molecule has 0 aromatic carbocycles. The van der Waals surface area contributed by atoms with E-state index >= 15 is 0 Å².